The van der Waals surface area contributed by atoms with Gasteiger partial charge in [0, 0.05) is 33.0 Å². The summed E-state index contributed by atoms with van der Waals surface area (Å²) in [6.07, 6.45) is 0.780. The third-order valence-electron chi connectivity index (χ3n) is 2.19. The van der Waals surface area contributed by atoms with Gasteiger partial charge in [-0.05, 0) is 6.42 Å². The van der Waals surface area contributed by atoms with Crippen molar-refractivity contribution in [2.45, 2.75) is 25.7 Å². The minimum Gasteiger partial charge on any atom is -0.481 e. The Morgan fingerprint density at radius 3 is 2.59 bits per heavy atom. The molecule has 96 valence electrons. The third kappa shape index (κ3) is 8.22. The average Bonchev–Trinajstić information content (AvgIpc) is 2.28. The van der Waals surface area contributed by atoms with E-state index in [9.17, 15) is 9.59 Å². The van der Waals surface area contributed by atoms with Crippen LogP contribution in [0.25, 0.3) is 0 Å². The standard InChI is InChI=1S/C11H18N2O4/c1-17-9-8-13(7-3-6-12)10(14)4-2-5-11(15)16/h2-5,7-9H2,1H3,(H,15,16). The highest BCUT2D eigenvalue weighted by Gasteiger charge is 2.13. The molecule has 0 aromatic carbocycles. The second-order valence-electron chi connectivity index (χ2n) is 3.53. The number of ether oxygens (including phenoxy) is 1. The molecule has 0 bridgehead atoms. The van der Waals surface area contributed by atoms with Gasteiger partial charge in [-0.15, -0.1) is 0 Å². The molecule has 0 atom stereocenters. The average molecular weight is 242 g/mol. The smallest absolute Gasteiger partial charge is 0.303 e. The Morgan fingerprint density at radius 1 is 1.35 bits per heavy atom. The van der Waals surface area contributed by atoms with E-state index in [2.05, 4.69) is 0 Å². The van der Waals surface area contributed by atoms with Gasteiger partial charge in [0.05, 0.1) is 19.1 Å². The summed E-state index contributed by atoms with van der Waals surface area (Å²) in [5, 5.41) is 16.9. The maximum Gasteiger partial charge on any atom is 0.303 e. The van der Waals surface area contributed by atoms with E-state index in [1.54, 1.807) is 0 Å². The van der Waals surface area contributed by atoms with Crippen LogP contribution in [-0.2, 0) is 14.3 Å². The van der Waals surface area contributed by atoms with Crippen LogP contribution in [0.4, 0.5) is 0 Å². The van der Waals surface area contributed by atoms with Crippen LogP contribution in [0.3, 0.4) is 0 Å². The molecule has 17 heavy (non-hydrogen) atoms. The molecule has 0 rings (SSSR count). The topological polar surface area (TPSA) is 90.6 Å². The Bertz CT molecular complexity index is 286. The third-order valence-corrected chi connectivity index (χ3v) is 2.19. The maximum atomic E-state index is 11.7. The normalized spacial score (nSPS) is 9.65. The van der Waals surface area contributed by atoms with E-state index in [4.69, 9.17) is 15.1 Å². The van der Waals surface area contributed by atoms with Gasteiger partial charge in [0.2, 0.25) is 5.91 Å². The Kier molecular flexibility index (Phi) is 8.69. The monoisotopic (exact) mass is 242 g/mol. The highest BCUT2D eigenvalue weighted by Crippen LogP contribution is 2.02. The number of carboxylic acid groups (broad SMARTS) is 1. The first-order valence-corrected chi connectivity index (χ1v) is 5.47. The van der Waals surface area contributed by atoms with Crippen molar-refractivity contribution < 1.29 is 19.4 Å². The number of nitriles is 1. The van der Waals surface area contributed by atoms with Crippen molar-refractivity contribution in [1.82, 2.24) is 4.90 Å². The fourth-order valence-corrected chi connectivity index (χ4v) is 1.30. The van der Waals surface area contributed by atoms with Crippen molar-refractivity contribution in [3.05, 3.63) is 0 Å². The van der Waals surface area contributed by atoms with Crippen LogP contribution >= 0.6 is 0 Å². The van der Waals surface area contributed by atoms with E-state index in [-0.39, 0.29) is 25.2 Å². The molecule has 0 saturated carbocycles. The summed E-state index contributed by atoms with van der Waals surface area (Å²) >= 11 is 0. The highest BCUT2D eigenvalue weighted by molar-refractivity contribution is 5.77. The van der Waals surface area contributed by atoms with Gasteiger partial charge >= 0.3 is 5.97 Å². The number of nitrogens with zero attached hydrogens (tertiary/aromatic N) is 2. The molecule has 0 aromatic heterocycles. The molecule has 0 aliphatic heterocycles. The van der Waals surface area contributed by atoms with Gasteiger partial charge in [-0.2, -0.15) is 5.26 Å². The first kappa shape index (κ1) is 15.4. The fourth-order valence-electron chi connectivity index (χ4n) is 1.30. The molecule has 0 aromatic rings. The summed E-state index contributed by atoms with van der Waals surface area (Å²) in [5.74, 6) is -1.03. The zero-order valence-electron chi connectivity index (χ0n) is 10.0. The largest absolute Gasteiger partial charge is 0.481 e. The van der Waals surface area contributed by atoms with E-state index in [1.165, 1.54) is 12.0 Å². The predicted molar refractivity (Wildman–Crippen MR) is 60.2 cm³/mol. The summed E-state index contributed by atoms with van der Waals surface area (Å²) in [7, 11) is 1.54. The lowest BCUT2D eigenvalue weighted by Gasteiger charge is -2.21. The van der Waals surface area contributed by atoms with Crippen LogP contribution in [0.15, 0.2) is 0 Å². The Labute approximate surface area is 101 Å². The molecule has 0 unspecified atom stereocenters. The molecule has 0 aliphatic rings. The first-order chi connectivity index (χ1) is 8.11. The van der Waals surface area contributed by atoms with Gasteiger partial charge < -0.3 is 14.7 Å². The summed E-state index contributed by atoms with van der Waals surface area (Å²) in [5.41, 5.74) is 0. The molecule has 0 aliphatic carbocycles. The lowest BCUT2D eigenvalue weighted by molar-refractivity contribution is -0.137. The van der Waals surface area contributed by atoms with Crippen LogP contribution in [0.5, 0.6) is 0 Å². The second kappa shape index (κ2) is 9.60. The van der Waals surface area contributed by atoms with Crippen LogP contribution in [-0.4, -0.2) is 48.7 Å². The van der Waals surface area contributed by atoms with Crippen molar-refractivity contribution in [3.8, 4) is 6.07 Å². The highest BCUT2D eigenvalue weighted by atomic mass is 16.5. The molecule has 0 fully saturated rings. The van der Waals surface area contributed by atoms with E-state index in [1.807, 2.05) is 6.07 Å². The predicted octanol–water partition coefficient (Wildman–Crippen LogP) is 0.630. The van der Waals surface area contributed by atoms with Gasteiger partial charge in [-0.25, -0.2) is 0 Å². The Hall–Kier alpha value is -1.61. The molecule has 0 radical (unpaired) electrons. The van der Waals surface area contributed by atoms with Crippen LogP contribution in [0, 0.1) is 11.3 Å². The van der Waals surface area contributed by atoms with Crippen molar-refractivity contribution in [3.63, 3.8) is 0 Å². The zero-order valence-corrected chi connectivity index (χ0v) is 10.0. The summed E-state index contributed by atoms with van der Waals surface area (Å²) in [4.78, 5) is 23.5. The fraction of sp³-hybridized carbons (Fsp3) is 0.727. The minimum atomic E-state index is -0.904. The Morgan fingerprint density at radius 2 is 2.06 bits per heavy atom. The van der Waals surface area contributed by atoms with Gasteiger partial charge in [0.25, 0.3) is 0 Å². The number of methoxy groups -OCH3 is 1. The second-order valence-corrected chi connectivity index (χ2v) is 3.53. The van der Waals surface area contributed by atoms with Gasteiger partial charge in [-0.3, -0.25) is 9.59 Å². The van der Waals surface area contributed by atoms with E-state index in [0.29, 0.717) is 26.1 Å². The number of carbonyl (C=O) groups excluding carboxylic acids is 1. The summed E-state index contributed by atoms with van der Waals surface area (Å²) in [6, 6.07) is 1.97. The number of hydrogen-bond acceptors (Lipinski definition) is 4. The first-order valence-electron chi connectivity index (χ1n) is 5.47. The number of rotatable bonds is 9. The lowest BCUT2D eigenvalue weighted by atomic mass is 10.2. The minimum absolute atomic E-state index is 0.0118. The van der Waals surface area contributed by atoms with Crippen LogP contribution in [0.1, 0.15) is 25.7 Å². The zero-order chi connectivity index (χ0) is 13.1. The van der Waals surface area contributed by atoms with Crippen molar-refractivity contribution in [1.29, 1.82) is 5.26 Å². The summed E-state index contributed by atoms with van der Waals surface area (Å²) in [6.45, 7) is 1.21. The van der Waals surface area contributed by atoms with E-state index >= 15 is 0 Å². The number of amides is 1. The lowest BCUT2D eigenvalue weighted by Crippen LogP contribution is -2.34. The summed E-state index contributed by atoms with van der Waals surface area (Å²) < 4.78 is 4.87. The van der Waals surface area contributed by atoms with E-state index < -0.39 is 5.97 Å². The van der Waals surface area contributed by atoms with Crippen molar-refractivity contribution >= 4 is 11.9 Å². The molecule has 6 nitrogen and oxygen atoms in total. The van der Waals surface area contributed by atoms with E-state index in [0.717, 1.165) is 0 Å². The van der Waals surface area contributed by atoms with Crippen molar-refractivity contribution in [2.24, 2.45) is 0 Å². The molecule has 6 heteroatoms. The molecular weight excluding hydrogens is 224 g/mol. The number of aliphatic carboxylic acids is 1. The molecule has 1 amide bonds. The molecule has 1 N–H and O–H groups in total. The Balaban J connectivity index is 4.03. The van der Waals surface area contributed by atoms with Crippen molar-refractivity contribution in [2.75, 3.05) is 26.8 Å². The molecule has 0 spiro atoms. The van der Waals surface area contributed by atoms with Crippen LogP contribution in [0.2, 0.25) is 0 Å². The van der Waals surface area contributed by atoms with Gasteiger partial charge in [-0.1, -0.05) is 0 Å². The number of carboxylic acids is 1. The molecule has 0 saturated heterocycles. The van der Waals surface area contributed by atoms with Gasteiger partial charge in [0.1, 0.15) is 0 Å². The van der Waals surface area contributed by atoms with Crippen LogP contribution < -0.4 is 0 Å². The quantitative estimate of drug-likeness (QED) is 0.640. The maximum absolute atomic E-state index is 11.7. The van der Waals surface area contributed by atoms with Gasteiger partial charge in [0.15, 0.2) is 0 Å². The number of carbonyl (C=O) groups is 2. The molecule has 0 heterocycles. The SMILES string of the molecule is COCCN(CCC#N)C(=O)CCCC(=O)O. The number of hydrogen-bond donors (Lipinski definition) is 1. The molecular formula is C11H18N2O4.